The lowest BCUT2D eigenvalue weighted by atomic mass is 10.1. The molecule has 0 aliphatic rings. The maximum absolute atomic E-state index is 6.08. The average Bonchev–Trinajstić information content (AvgIpc) is 2.73. The molecule has 2 N–H and O–H groups in total. The summed E-state index contributed by atoms with van der Waals surface area (Å²) in [6.07, 6.45) is 3.65. The first-order valence-corrected chi connectivity index (χ1v) is 8.87. The first kappa shape index (κ1) is 17.2. The Morgan fingerprint density at radius 2 is 2.11 bits per heavy atom. The van der Waals surface area contributed by atoms with Crippen molar-refractivity contribution in [2.75, 3.05) is 13.1 Å². The molecule has 0 fully saturated rings. The molecule has 2 unspecified atom stereocenters. The molecule has 19 heavy (non-hydrogen) atoms. The highest BCUT2D eigenvalue weighted by Crippen LogP contribution is 2.34. The van der Waals surface area contributed by atoms with Crippen LogP contribution in [-0.2, 0) is 0 Å². The number of aryl methyl sites for hydroxylation is 1. The summed E-state index contributed by atoms with van der Waals surface area (Å²) in [4.78, 5) is 5.32. The van der Waals surface area contributed by atoms with Crippen LogP contribution in [0.1, 0.15) is 55.8 Å². The summed E-state index contributed by atoms with van der Waals surface area (Å²) in [7, 11) is 0. The highest BCUT2D eigenvalue weighted by atomic mass is 79.9. The van der Waals surface area contributed by atoms with Gasteiger partial charge >= 0.3 is 0 Å². The number of hydrogen-bond acceptors (Lipinski definition) is 3. The molecule has 0 aliphatic carbocycles. The van der Waals surface area contributed by atoms with Crippen LogP contribution in [0.25, 0.3) is 0 Å². The number of nitrogens with two attached hydrogens (primary N) is 1. The van der Waals surface area contributed by atoms with E-state index >= 15 is 0 Å². The fraction of sp³-hybridized carbons (Fsp3) is 0.733. The number of rotatable bonds is 8. The summed E-state index contributed by atoms with van der Waals surface area (Å²) in [5, 5.41) is 0. The van der Waals surface area contributed by atoms with Gasteiger partial charge in [0.25, 0.3) is 0 Å². The molecule has 1 rings (SSSR count). The summed E-state index contributed by atoms with van der Waals surface area (Å²) in [5.74, 6) is 0. The third kappa shape index (κ3) is 4.55. The fourth-order valence-electron chi connectivity index (χ4n) is 2.32. The van der Waals surface area contributed by atoms with E-state index in [9.17, 15) is 0 Å². The van der Waals surface area contributed by atoms with Crippen LogP contribution in [0.3, 0.4) is 0 Å². The largest absolute Gasteiger partial charge is 0.329 e. The molecule has 1 heterocycles. The Kier molecular flexibility index (Phi) is 7.58. The van der Waals surface area contributed by atoms with E-state index < -0.39 is 0 Å². The van der Waals surface area contributed by atoms with Crippen molar-refractivity contribution in [3.8, 4) is 0 Å². The van der Waals surface area contributed by atoms with Gasteiger partial charge in [0.05, 0.1) is 6.04 Å². The Labute approximate surface area is 130 Å². The van der Waals surface area contributed by atoms with E-state index in [0.29, 0.717) is 18.6 Å². The SMILES string of the molecule is CCCCN(C(C)CC)C(CN)c1cc(Br)c(C)s1. The van der Waals surface area contributed by atoms with Gasteiger partial charge in [0, 0.05) is 26.8 Å². The molecular weight excluding hydrogens is 320 g/mol. The van der Waals surface area contributed by atoms with Gasteiger partial charge in [-0.2, -0.15) is 0 Å². The highest BCUT2D eigenvalue weighted by molar-refractivity contribution is 9.10. The van der Waals surface area contributed by atoms with Crippen LogP contribution in [0, 0.1) is 6.92 Å². The Morgan fingerprint density at radius 3 is 2.53 bits per heavy atom. The predicted molar refractivity (Wildman–Crippen MR) is 89.9 cm³/mol. The zero-order valence-electron chi connectivity index (χ0n) is 12.6. The molecule has 0 saturated carbocycles. The van der Waals surface area contributed by atoms with E-state index in [-0.39, 0.29) is 0 Å². The van der Waals surface area contributed by atoms with Crippen molar-refractivity contribution in [3.63, 3.8) is 0 Å². The van der Waals surface area contributed by atoms with Crippen molar-refractivity contribution in [2.24, 2.45) is 5.73 Å². The van der Waals surface area contributed by atoms with E-state index in [1.54, 1.807) is 0 Å². The van der Waals surface area contributed by atoms with Gasteiger partial charge in [0.2, 0.25) is 0 Å². The van der Waals surface area contributed by atoms with Crippen molar-refractivity contribution in [1.82, 2.24) is 4.90 Å². The molecule has 2 atom stereocenters. The fourth-order valence-corrected chi connectivity index (χ4v) is 4.01. The topological polar surface area (TPSA) is 29.3 Å². The van der Waals surface area contributed by atoms with Crippen molar-refractivity contribution in [2.45, 2.75) is 59.0 Å². The molecule has 2 nitrogen and oxygen atoms in total. The van der Waals surface area contributed by atoms with Crippen LogP contribution in [0.2, 0.25) is 0 Å². The van der Waals surface area contributed by atoms with Gasteiger partial charge in [0.15, 0.2) is 0 Å². The van der Waals surface area contributed by atoms with Gasteiger partial charge < -0.3 is 5.73 Å². The molecule has 110 valence electrons. The minimum Gasteiger partial charge on any atom is -0.329 e. The molecule has 1 aromatic rings. The molecule has 0 radical (unpaired) electrons. The molecule has 0 saturated heterocycles. The normalized spacial score (nSPS) is 14.9. The Bertz CT molecular complexity index is 359. The second-order valence-corrected chi connectivity index (χ2v) is 7.30. The molecule has 0 spiro atoms. The van der Waals surface area contributed by atoms with Crippen LogP contribution in [0.5, 0.6) is 0 Å². The third-order valence-corrected chi connectivity index (χ3v) is 5.99. The zero-order chi connectivity index (χ0) is 14.4. The van der Waals surface area contributed by atoms with Crippen molar-refractivity contribution < 1.29 is 0 Å². The summed E-state index contributed by atoms with van der Waals surface area (Å²) < 4.78 is 1.21. The van der Waals surface area contributed by atoms with Crippen LogP contribution >= 0.6 is 27.3 Å². The number of hydrogen-bond donors (Lipinski definition) is 1. The summed E-state index contributed by atoms with van der Waals surface area (Å²) >= 11 is 5.49. The minimum atomic E-state index is 0.358. The molecule has 0 aromatic carbocycles. The van der Waals surface area contributed by atoms with Gasteiger partial charge in [-0.3, -0.25) is 4.90 Å². The Balaban J connectivity index is 2.94. The average molecular weight is 347 g/mol. The van der Waals surface area contributed by atoms with E-state index in [0.717, 1.165) is 6.54 Å². The van der Waals surface area contributed by atoms with Crippen LogP contribution in [0.15, 0.2) is 10.5 Å². The maximum atomic E-state index is 6.08. The lowest BCUT2D eigenvalue weighted by Crippen LogP contribution is -2.40. The van der Waals surface area contributed by atoms with E-state index in [1.807, 2.05) is 11.3 Å². The molecule has 0 aliphatic heterocycles. The lowest BCUT2D eigenvalue weighted by Gasteiger charge is -2.35. The van der Waals surface area contributed by atoms with Gasteiger partial charge in [-0.15, -0.1) is 11.3 Å². The van der Waals surface area contributed by atoms with Gasteiger partial charge in [0.1, 0.15) is 0 Å². The highest BCUT2D eigenvalue weighted by Gasteiger charge is 2.24. The summed E-state index contributed by atoms with van der Waals surface area (Å²) in [5.41, 5.74) is 6.08. The van der Waals surface area contributed by atoms with Crippen LogP contribution < -0.4 is 5.73 Å². The van der Waals surface area contributed by atoms with Crippen molar-refractivity contribution in [1.29, 1.82) is 0 Å². The first-order chi connectivity index (χ1) is 9.04. The van der Waals surface area contributed by atoms with Gasteiger partial charge in [-0.25, -0.2) is 0 Å². The third-order valence-electron chi connectivity index (χ3n) is 3.76. The second-order valence-electron chi connectivity index (χ2n) is 5.15. The Morgan fingerprint density at radius 1 is 1.42 bits per heavy atom. The number of unbranched alkanes of at least 4 members (excludes halogenated alkanes) is 1. The Hall–Kier alpha value is 0.1000. The smallest absolute Gasteiger partial charge is 0.0567 e. The van der Waals surface area contributed by atoms with Gasteiger partial charge in [-0.05, 0) is 55.2 Å². The summed E-state index contributed by atoms with van der Waals surface area (Å²) in [6, 6.07) is 3.19. The van der Waals surface area contributed by atoms with Crippen molar-refractivity contribution in [3.05, 3.63) is 20.3 Å². The number of thiophene rings is 1. The summed E-state index contributed by atoms with van der Waals surface area (Å²) in [6.45, 7) is 10.8. The number of halogens is 1. The van der Waals surface area contributed by atoms with E-state index in [2.05, 4.69) is 54.6 Å². The first-order valence-electron chi connectivity index (χ1n) is 7.26. The lowest BCUT2D eigenvalue weighted by molar-refractivity contribution is 0.143. The molecule has 1 aromatic heterocycles. The van der Waals surface area contributed by atoms with Crippen LogP contribution in [0.4, 0.5) is 0 Å². The van der Waals surface area contributed by atoms with Gasteiger partial charge in [-0.1, -0.05) is 20.3 Å². The molecule has 0 bridgehead atoms. The molecular formula is C15H27BrN2S. The predicted octanol–water partition coefficient (Wildman–Crippen LogP) is 4.72. The standard InChI is InChI=1S/C15H27BrN2S/c1-5-7-8-18(11(3)6-2)14(10-17)15-9-13(16)12(4)19-15/h9,11,14H,5-8,10,17H2,1-4H3. The molecule has 0 amide bonds. The van der Waals surface area contributed by atoms with E-state index in [4.69, 9.17) is 5.73 Å². The maximum Gasteiger partial charge on any atom is 0.0567 e. The quantitative estimate of drug-likeness (QED) is 0.737. The molecule has 4 heteroatoms. The van der Waals surface area contributed by atoms with Crippen LogP contribution in [-0.4, -0.2) is 24.0 Å². The number of nitrogens with zero attached hydrogens (tertiary/aromatic N) is 1. The van der Waals surface area contributed by atoms with E-state index in [1.165, 1.54) is 33.5 Å². The monoisotopic (exact) mass is 346 g/mol. The zero-order valence-corrected chi connectivity index (χ0v) is 15.0. The van der Waals surface area contributed by atoms with Crippen molar-refractivity contribution >= 4 is 27.3 Å². The second kappa shape index (κ2) is 8.40. The minimum absolute atomic E-state index is 0.358.